The lowest BCUT2D eigenvalue weighted by Gasteiger charge is -2.47. The Morgan fingerprint density at radius 3 is 2.23 bits per heavy atom. The largest absolute Gasteiger partial charge is 0.369 e. The van der Waals surface area contributed by atoms with Gasteiger partial charge in [0.25, 0.3) is 0 Å². The van der Waals surface area contributed by atoms with Crippen LogP contribution in [0.2, 0.25) is 0 Å². The number of amides is 1. The number of rotatable bonds is 2. The second-order valence-corrected chi connectivity index (χ2v) is 4.60. The summed E-state index contributed by atoms with van der Waals surface area (Å²) >= 11 is 0. The highest BCUT2D eigenvalue weighted by Gasteiger charge is 2.39. The van der Waals surface area contributed by atoms with Crippen LogP contribution in [0.4, 0.5) is 0 Å². The van der Waals surface area contributed by atoms with Gasteiger partial charge >= 0.3 is 0 Å². The standard InChI is InChI=1S/C10H18N2O/c11-9(13)8-12-6-4-10(5-7-12)2-1-3-10/h1-8H2,(H2,11,13). The van der Waals surface area contributed by atoms with Crippen molar-refractivity contribution in [3.05, 3.63) is 0 Å². The van der Waals surface area contributed by atoms with E-state index < -0.39 is 0 Å². The molecular weight excluding hydrogens is 164 g/mol. The van der Waals surface area contributed by atoms with Crippen LogP contribution in [0.25, 0.3) is 0 Å². The van der Waals surface area contributed by atoms with E-state index in [9.17, 15) is 4.79 Å². The molecule has 0 atom stereocenters. The fraction of sp³-hybridized carbons (Fsp3) is 0.900. The van der Waals surface area contributed by atoms with Crippen molar-refractivity contribution in [2.24, 2.45) is 11.1 Å². The van der Waals surface area contributed by atoms with E-state index in [4.69, 9.17) is 5.73 Å². The zero-order valence-corrected chi connectivity index (χ0v) is 8.09. The number of nitrogens with zero attached hydrogens (tertiary/aromatic N) is 1. The number of piperidine rings is 1. The minimum atomic E-state index is -0.190. The first kappa shape index (κ1) is 9.00. The van der Waals surface area contributed by atoms with Gasteiger partial charge in [-0.3, -0.25) is 9.69 Å². The highest BCUT2D eigenvalue weighted by molar-refractivity contribution is 5.75. The third-order valence-electron chi connectivity index (χ3n) is 3.71. The Bertz CT molecular complexity index is 201. The molecule has 13 heavy (non-hydrogen) atoms. The molecule has 1 saturated carbocycles. The first-order chi connectivity index (χ1) is 6.20. The Labute approximate surface area is 79.3 Å². The summed E-state index contributed by atoms with van der Waals surface area (Å²) in [6.45, 7) is 2.60. The molecule has 2 aliphatic rings. The van der Waals surface area contributed by atoms with E-state index in [1.165, 1.54) is 32.1 Å². The molecule has 2 N–H and O–H groups in total. The fourth-order valence-electron chi connectivity index (χ4n) is 2.58. The minimum Gasteiger partial charge on any atom is -0.369 e. The van der Waals surface area contributed by atoms with Gasteiger partial charge in [-0.05, 0) is 44.2 Å². The van der Waals surface area contributed by atoms with E-state index in [0.717, 1.165) is 13.1 Å². The van der Waals surface area contributed by atoms with Gasteiger partial charge in [-0.15, -0.1) is 0 Å². The van der Waals surface area contributed by atoms with Gasteiger partial charge in [0.05, 0.1) is 6.54 Å². The van der Waals surface area contributed by atoms with Crippen molar-refractivity contribution in [2.45, 2.75) is 32.1 Å². The van der Waals surface area contributed by atoms with Gasteiger partial charge < -0.3 is 5.73 Å². The van der Waals surface area contributed by atoms with Gasteiger partial charge in [0, 0.05) is 0 Å². The molecular formula is C10H18N2O. The molecule has 1 amide bonds. The van der Waals surface area contributed by atoms with Crippen molar-refractivity contribution < 1.29 is 4.79 Å². The third kappa shape index (κ3) is 1.85. The topological polar surface area (TPSA) is 46.3 Å². The van der Waals surface area contributed by atoms with Crippen molar-refractivity contribution >= 4 is 5.91 Å². The molecule has 0 aromatic rings. The van der Waals surface area contributed by atoms with Gasteiger partial charge in [0.2, 0.25) is 5.91 Å². The van der Waals surface area contributed by atoms with E-state index >= 15 is 0 Å². The summed E-state index contributed by atoms with van der Waals surface area (Å²) in [7, 11) is 0. The Kier molecular flexibility index (Phi) is 2.28. The monoisotopic (exact) mass is 182 g/mol. The van der Waals surface area contributed by atoms with Crippen LogP contribution < -0.4 is 5.73 Å². The van der Waals surface area contributed by atoms with Gasteiger partial charge in [-0.1, -0.05) is 6.42 Å². The zero-order chi connectivity index (χ0) is 9.31. The molecule has 1 saturated heterocycles. The van der Waals surface area contributed by atoms with Crippen molar-refractivity contribution in [1.82, 2.24) is 4.90 Å². The van der Waals surface area contributed by atoms with Crippen LogP contribution in [0.1, 0.15) is 32.1 Å². The van der Waals surface area contributed by atoms with Crippen LogP contribution >= 0.6 is 0 Å². The Balaban J connectivity index is 1.79. The van der Waals surface area contributed by atoms with Gasteiger partial charge in [0.1, 0.15) is 0 Å². The summed E-state index contributed by atoms with van der Waals surface area (Å²) in [6, 6.07) is 0. The maximum Gasteiger partial charge on any atom is 0.231 e. The lowest BCUT2D eigenvalue weighted by Crippen LogP contribution is -2.46. The van der Waals surface area contributed by atoms with E-state index in [1.54, 1.807) is 0 Å². The quantitative estimate of drug-likeness (QED) is 0.684. The number of hydrogen-bond acceptors (Lipinski definition) is 2. The molecule has 0 unspecified atom stereocenters. The number of hydrogen-bond donors (Lipinski definition) is 1. The van der Waals surface area contributed by atoms with Gasteiger partial charge in [-0.2, -0.15) is 0 Å². The lowest BCUT2D eigenvalue weighted by atomic mass is 9.63. The fourth-order valence-corrected chi connectivity index (χ4v) is 2.58. The SMILES string of the molecule is NC(=O)CN1CCC2(CCC2)CC1. The van der Waals surface area contributed by atoms with Crippen molar-refractivity contribution in [3.63, 3.8) is 0 Å². The average Bonchev–Trinajstić information content (AvgIpc) is 2.02. The van der Waals surface area contributed by atoms with E-state index in [-0.39, 0.29) is 5.91 Å². The number of carbonyl (C=O) groups is 1. The molecule has 1 spiro atoms. The second kappa shape index (κ2) is 3.29. The predicted octanol–water partition coefficient (Wildman–Crippen LogP) is 0.738. The highest BCUT2D eigenvalue weighted by atomic mass is 16.1. The molecule has 2 fully saturated rings. The van der Waals surface area contributed by atoms with Crippen LogP contribution in [0.15, 0.2) is 0 Å². The van der Waals surface area contributed by atoms with E-state index in [2.05, 4.69) is 4.90 Å². The average molecular weight is 182 g/mol. The van der Waals surface area contributed by atoms with Crippen LogP contribution in [-0.4, -0.2) is 30.4 Å². The summed E-state index contributed by atoms with van der Waals surface area (Å²) in [5.74, 6) is -0.190. The molecule has 0 aromatic carbocycles. The minimum absolute atomic E-state index is 0.190. The normalized spacial score (nSPS) is 27.1. The first-order valence-corrected chi connectivity index (χ1v) is 5.21. The summed E-state index contributed by atoms with van der Waals surface area (Å²) < 4.78 is 0. The second-order valence-electron chi connectivity index (χ2n) is 4.60. The lowest BCUT2D eigenvalue weighted by molar-refractivity contribution is -0.120. The Hall–Kier alpha value is -0.570. The van der Waals surface area contributed by atoms with E-state index in [1.807, 2.05) is 0 Å². The number of likely N-dealkylation sites (tertiary alicyclic amines) is 1. The number of nitrogens with two attached hydrogens (primary N) is 1. The first-order valence-electron chi connectivity index (χ1n) is 5.21. The summed E-state index contributed by atoms with van der Waals surface area (Å²) in [5, 5.41) is 0. The highest BCUT2D eigenvalue weighted by Crippen LogP contribution is 2.48. The number of carbonyl (C=O) groups excluding carboxylic acids is 1. The summed E-state index contributed by atoms with van der Waals surface area (Å²) in [4.78, 5) is 12.9. The van der Waals surface area contributed by atoms with Gasteiger partial charge in [-0.25, -0.2) is 0 Å². The maximum atomic E-state index is 10.7. The van der Waals surface area contributed by atoms with Crippen molar-refractivity contribution in [3.8, 4) is 0 Å². The molecule has 3 heteroatoms. The van der Waals surface area contributed by atoms with E-state index in [0.29, 0.717) is 12.0 Å². The van der Waals surface area contributed by atoms with Crippen LogP contribution in [0.3, 0.4) is 0 Å². The predicted molar refractivity (Wildman–Crippen MR) is 51.2 cm³/mol. The van der Waals surface area contributed by atoms with Gasteiger partial charge in [0.15, 0.2) is 0 Å². The molecule has 1 aliphatic heterocycles. The molecule has 0 bridgehead atoms. The molecule has 2 rings (SSSR count). The van der Waals surface area contributed by atoms with Crippen LogP contribution in [0.5, 0.6) is 0 Å². The third-order valence-corrected chi connectivity index (χ3v) is 3.71. The Morgan fingerprint density at radius 2 is 1.85 bits per heavy atom. The molecule has 3 nitrogen and oxygen atoms in total. The summed E-state index contributed by atoms with van der Waals surface area (Å²) in [5.41, 5.74) is 5.83. The maximum absolute atomic E-state index is 10.7. The summed E-state index contributed by atoms with van der Waals surface area (Å²) in [6.07, 6.45) is 6.80. The molecule has 0 aromatic heterocycles. The van der Waals surface area contributed by atoms with Crippen molar-refractivity contribution in [2.75, 3.05) is 19.6 Å². The zero-order valence-electron chi connectivity index (χ0n) is 8.09. The smallest absolute Gasteiger partial charge is 0.231 e. The molecule has 0 radical (unpaired) electrons. The Morgan fingerprint density at radius 1 is 1.23 bits per heavy atom. The van der Waals surface area contributed by atoms with Crippen LogP contribution in [0, 0.1) is 5.41 Å². The molecule has 1 heterocycles. The molecule has 74 valence electrons. The molecule has 1 aliphatic carbocycles. The number of primary amides is 1. The van der Waals surface area contributed by atoms with Crippen LogP contribution in [-0.2, 0) is 4.79 Å². The van der Waals surface area contributed by atoms with Crippen molar-refractivity contribution in [1.29, 1.82) is 0 Å².